The van der Waals surface area contributed by atoms with E-state index in [-0.39, 0.29) is 49.4 Å². The third kappa shape index (κ3) is 5.66. The number of nitrogens with zero attached hydrogens (tertiary/aromatic N) is 1. The zero-order chi connectivity index (χ0) is 24.9. The van der Waals surface area contributed by atoms with Gasteiger partial charge in [0.2, 0.25) is 5.91 Å². The average Bonchev–Trinajstić information content (AvgIpc) is 3.16. The molecule has 7 heteroatoms. The molecule has 0 bridgehead atoms. The van der Waals surface area contributed by atoms with Crippen molar-refractivity contribution in [2.24, 2.45) is 5.92 Å². The van der Waals surface area contributed by atoms with Crippen LogP contribution in [0.5, 0.6) is 0 Å². The number of hydrogen-bond donors (Lipinski definition) is 2. The molecular weight excluding hydrogens is 444 g/mol. The number of nitrogens with one attached hydrogen (secondary N) is 1. The van der Waals surface area contributed by atoms with Crippen LogP contribution >= 0.6 is 0 Å². The Morgan fingerprint density at radius 2 is 1.66 bits per heavy atom. The number of carboxylic acid groups (broad SMARTS) is 1. The summed E-state index contributed by atoms with van der Waals surface area (Å²) < 4.78 is 5.68. The molecule has 2 aromatic carbocycles. The number of carbonyl (C=O) groups is 3. The summed E-state index contributed by atoms with van der Waals surface area (Å²) >= 11 is 0. The highest BCUT2D eigenvalue weighted by Gasteiger charge is 2.33. The normalized spacial score (nSPS) is 19.1. The van der Waals surface area contributed by atoms with Crippen molar-refractivity contribution in [1.82, 2.24) is 10.2 Å². The van der Waals surface area contributed by atoms with Crippen LogP contribution in [0.2, 0.25) is 0 Å². The molecule has 35 heavy (non-hydrogen) atoms. The zero-order valence-electron chi connectivity index (χ0n) is 20.4. The number of alkyl carbamates (subject to hydrolysis) is 1. The van der Waals surface area contributed by atoms with Gasteiger partial charge in [-0.3, -0.25) is 9.59 Å². The first-order chi connectivity index (χ1) is 16.8. The first kappa shape index (κ1) is 24.8. The number of ether oxygens (including phenoxy) is 1. The van der Waals surface area contributed by atoms with E-state index >= 15 is 0 Å². The molecule has 1 saturated carbocycles. The van der Waals surface area contributed by atoms with Crippen molar-refractivity contribution in [2.75, 3.05) is 13.2 Å². The smallest absolute Gasteiger partial charge is 0.407 e. The quantitative estimate of drug-likeness (QED) is 0.568. The molecule has 7 nitrogen and oxygen atoms in total. The standard InChI is InChI=1S/C28H34N2O5/c1-18(2)30(15-14-26(31)32)27(33)19-8-7-9-20(16-19)29-28(34)35-17-25-23-12-5-3-10-21(23)22-11-4-6-13-24(22)25/h3-6,10-13,18-20,25H,7-9,14-17H2,1-2H3,(H,29,34)(H,31,32)/t19-,20-/m1/s1. The van der Waals surface area contributed by atoms with Crippen molar-refractivity contribution in [1.29, 1.82) is 0 Å². The van der Waals surface area contributed by atoms with E-state index in [1.165, 1.54) is 22.3 Å². The molecule has 4 rings (SSSR count). The molecule has 0 unspecified atom stereocenters. The van der Waals surface area contributed by atoms with Gasteiger partial charge in [-0.25, -0.2) is 4.79 Å². The summed E-state index contributed by atoms with van der Waals surface area (Å²) in [7, 11) is 0. The van der Waals surface area contributed by atoms with Gasteiger partial charge in [0.05, 0.1) is 6.42 Å². The molecule has 2 aromatic rings. The topological polar surface area (TPSA) is 95.9 Å². The first-order valence-electron chi connectivity index (χ1n) is 12.5. The lowest BCUT2D eigenvalue weighted by Gasteiger charge is -2.34. The molecule has 0 aliphatic heterocycles. The van der Waals surface area contributed by atoms with Crippen molar-refractivity contribution in [3.05, 3.63) is 59.7 Å². The summed E-state index contributed by atoms with van der Waals surface area (Å²) in [6, 6.07) is 16.2. The zero-order valence-corrected chi connectivity index (χ0v) is 20.4. The summed E-state index contributed by atoms with van der Waals surface area (Å²) in [6.07, 6.45) is 2.38. The molecule has 2 N–H and O–H groups in total. The molecule has 0 saturated heterocycles. The number of benzene rings is 2. The van der Waals surface area contributed by atoms with E-state index in [9.17, 15) is 14.4 Å². The highest BCUT2D eigenvalue weighted by atomic mass is 16.5. The Bertz CT molecular complexity index is 1040. The summed E-state index contributed by atoms with van der Waals surface area (Å²) in [4.78, 5) is 38.4. The third-order valence-electron chi connectivity index (χ3n) is 7.16. The predicted octanol–water partition coefficient (Wildman–Crippen LogP) is 4.80. The summed E-state index contributed by atoms with van der Waals surface area (Å²) in [6.45, 7) is 4.25. The number of aliphatic carboxylic acids is 1. The van der Waals surface area contributed by atoms with E-state index in [0.29, 0.717) is 6.42 Å². The molecule has 0 heterocycles. The highest BCUT2D eigenvalue weighted by Crippen LogP contribution is 2.44. The Kier molecular flexibility index (Phi) is 7.73. The second-order valence-electron chi connectivity index (χ2n) is 9.80. The fourth-order valence-corrected chi connectivity index (χ4v) is 5.43. The van der Waals surface area contributed by atoms with Crippen LogP contribution in [0.4, 0.5) is 4.79 Å². The second kappa shape index (κ2) is 10.9. The van der Waals surface area contributed by atoms with Crippen molar-refractivity contribution in [3.63, 3.8) is 0 Å². The monoisotopic (exact) mass is 478 g/mol. The maximum absolute atomic E-state index is 13.1. The fraction of sp³-hybridized carbons (Fsp3) is 0.464. The second-order valence-corrected chi connectivity index (χ2v) is 9.80. The number of carboxylic acids is 1. The lowest BCUT2D eigenvalue weighted by Crippen LogP contribution is -2.46. The molecule has 1 fully saturated rings. The number of hydrogen-bond acceptors (Lipinski definition) is 4. The van der Waals surface area contributed by atoms with Crippen molar-refractivity contribution in [3.8, 4) is 11.1 Å². The van der Waals surface area contributed by atoms with E-state index in [4.69, 9.17) is 9.84 Å². The number of rotatable bonds is 8. The van der Waals surface area contributed by atoms with Gasteiger partial charge in [0.25, 0.3) is 0 Å². The molecule has 186 valence electrons. The SMILES string of the molecule is CC(C)N(CCC(=O)O)C(=O)[C@@H]1CCC[C@@H](NC(=O)OCC2c3ccccc3-c3ccccc32)C1. The third-order valence-corrected chi connectivity index (χ3v) is 7.16. The fourth-order valence-electron chi connectivity index (χ4n) is 5.43. The van der Waals surface area contributed by atoms with Gasteiger partial charge in [0.1, 0.15) is 6.61 Å². The van der Waals surface area contributed by atoms with Gasteiger partial charge in [-0.1, -0.05) is 55.0 Å². The van der Waals surface area contributed by atoms with Crippen LogP contribution in [0.25, 0.3) is 11.1 Å². The number of carbonyl (C=O) groups excluding carboxylic acids is 2. The Hall–Kier alpha value is -3.35. The Morgan fingerprint density at radius 3 is 2.26 bits per heavy atom. The minimum absolute atomic E-state index is 0.00247. The van der Waals surface area contributed by atoms with Crippen LogP contribution in [-0.4, -0.2) is 53.2 Å². The summed E-state index contributed by atoms with van der Waals surface area (Å²) in [5.41, 5.74) is 4.70. The molecule has 0 radical (unpaired) electrons. The molecule has 0 spiro atoms. The van der Waals surface area contributed by atoms with Crippen LogP contribution in [0.1, 0.15) is 63.0 Å². The van der Waals surface area contributed by atoms with Crippen molar-refractivity contribution in [2.45, 2.75) is 64.0 Å². The minimum atomic E-state index is -0.915. The molecule has 2 aliphatic carbocycles. The molecular formula is C28H34N2O5. The van der Waals surface area contributed by atoms with Crippen LogP contribution in [0.3, 0.4) is 0 Å². The number of amides is 2. The summed E-state index contributed by atoms with van der Waals surface area (Å²) in [5.74, 6) is -1.16. The Labute approximate surface area is 206 Å². The lowest BCUT2D eigenvalue weighted by atomic mass is 9.84. The molecule has 0 aromatic heterocycles. The first-order valence-corrected chi connectivity index (χ1v) is 12.5. The largest absolute Gasteiger partial charge is 0.481 e. The van der Waals surface area contributed by atoms with Crippen LogP contribution in [0.15, 0.2) is 48.5 Å². The van der Waals surface area contributed by atoms with Crippen LogP contribution < -0.4 is 5.32 Å². The Morgan fingerprint density at radius 1 is 1.03 bits per heavy atom. The molecule has 2 amide bonds. The summed E-state index contributed by atoms with van der Waals surface area (Å²) in [5, 5.41) is 12.0. The average molecular weight is 479 g/mol. The van der Waals surface area contributed by atoms with Crippen LogP contribution in [-0.2, 0) is 14.3 Å². The van der Waals surface area contributed by atoms with Crippen LogP contribution in [0, 0.1) is 5.92 Å². The van der Waals surface area contributed by atoms with Crippen molar-refractivity contribution < 1.29 is 24.2 Å². The van der Waals surface area contributed by atoms with Gasteiger partial charge < -0.3 is 20.1 Å². The predicted molar refractivity (Wildman–Crippen MR) is 133 cm³/mol. The van der Waals surface area contributed by atoms with Gasteiger partial charge in [-0.2, -0.15) is 0 Å². The number of fused-ring (bicyclic) bond motifs is 3. The van der Waals surface area contributed by atoms with E-state index in [1.54, 1.807) is 4.90 Å². The maximum atomic E-state index is 13.1. The maximum Gasteiger partial charge on any atom is 0.407 e. The molecule has 2 aliphatic rings. The van der Waals surface area contributed by atoms with Gasteiger partial charge >= 0.3 is 12.1 Å². The minimum Gasteiger partial charge on any atom is -0.481 e. The van der Waals surface area contributed by atoms with Crippen molar-refractivity contribution >= 4 is 18.0 Å². The van der Waals surface area contributed by atoms with Gasteiger partial charge in [-0.15, -0.1) is 0 Å². The molecule has 2 atom stereocenters. The van der Waals surface area contributed by atoms with Gasteiger partial charge in [-0.05, 0) is 55.4 Å². The van der Waals surface area contributed by atoms with E-state index in [0.717, 1.165) is 19.3 Å². The highest BCUT2D eigenvalue weighted by molar-refractivity contribution is 5.80. The van der Waals surface area contributed by atoms with Gasteiger partial charge in [0, 0.05) is 30.5 Å². The lowest BCUT2D eigenvalue weighted by molar-refractivity contribution is -0.141. The van der Waals surface area contributed by atoms with Gasteiger partial charge in [0.15, 0.2) is 0 Å². The van der Waals surface area contributed by atoms with E-state index in [1.807, 2.05) is 38.1 Å². The van der Waals surface area contributed by atoms with E-state index < -0.39 is 12.1 Å². The van der Waals surface area contributed by atoms with E-state index in [2.05, 4.69) is 29.6 Å². The Balaban J connectivity index is 1.33.